The zero-order valence-corrected chi connectivity index (χ0v) is 17.5. The molecule has 2 aromatic rings. The number of hydrogen-bond donors (Lipinski definition) is 1. The standard InChI is InChI=1S/C23H27N3O4/c1-16(2)15-30-19-8-6-18(7-9-19)20-21(25(3)11-12-27)23(29)26(22(20)28)14-17-5-4-10-24-13-17/h4-10,13,16,27H,11-12,14-15H2,1-3H3. The smallest absolute Gasteiger partial charge is 0.278 e. The van der Waals surface area contributed by atoms with E-state index in [9.17, 15) is 14.7 Å². The highest BCUT2D eigenvalue weighted by Gasteiger charge is 2.40. The highest BCUT2D eigenvalue weighted by molar-refractivity contribution is 6.35. The second kappa shape index (κ2) is 9.54. The lowest BCUT2D eigenvalue weighted by Gasteiger charge is -2.20. The van der Waals surface area contributed by atoms with Gasteiger partial charge in [-0.25, -0.2) is 0 Å². The number of likely N-dealkylation sites (N-methyl/N-ethyl adjacent to an activating group) is 1. The number of carbonyl (C=O) groups excluding carboxylic acids is 2. The Kier molecular flexibility index (Phi) is 6.84. The number of aliphatic hydroxyl groups is 1. The normalized spacial score (nSPS) is 14.1. The van der Waals surface area contributed by atoms with Gasteiger partial charge >= 0.3 is 0 Å². The summed E-state index contributed by atoms with van der Waals surface area (Å²) in [4.78, 5) is 33.3. The molecule has 2 amide bonds. The Morgan fingerprint density at radius 2 is 1.87 bits per heavy atom. The lowest BCUT2D eigenvalue weighted by molar-refractivity contribution is -0.138. The van der Waals surface area contributed by atoms with Crippen LogP contribution in [0.2, 0.25) is 0 Å². The molecule has 158 valence electrons. The molecular weight excluding hydrogens is 382 g/mol. The van der Waals surface area contributed by atoms with Gasteiger partial charge in [0.05, 0.1) is 25.3 Å². The molecule has 0 fully saturated rings. The fraction of sp³-hybridized carbons (Fsp3) is 0.348. The number of hydrogen-bond acceptors (Lipinski definition) is 6. The van der Waals surface area contributed by atoms with Crippen LogP contribution in [0.15, 0.2) is 54.5 Å². The van der Waals surface area contributed by atoms with Crippen LogP contribution in [0.3, 0.4) is 0 Å². The predicted molar refractivity (Wildman–Crippen MR) is 113 cm³/mol. The molecule has 1 aliphatic heterocycles. The van der Waals surface area contributed by atoms with E-state index in [4.69, 9.17) is 4.74 Å². The van der Waals surface area contributed by atoms with Gasteiger partial charge in [0.25, 0.3) is 11.8 Å². The number of benzene rings is 1. The van der Waals surface area contributed by atoms with Gasteiger partial charge in [0, 0.05) is 26.0 Å². The molecule has 1 N–H and O–H groups in total. The minimum Gasteiger partial charge on any atom is -0.493 e. The number of amides is 2. The van der Waals surface area contributed by atoms with Crippen molar-refractivity contribution in [1.82, 2.24) is 14.8 Å². The third-order valence-corrected chi connectivity index (χ3v) is 4.75. The Bertz CT molecular complexity index is 923. The van der Waals surface area contributed by atoms with E-state index < -0.39 is 0 Å². The average Bonchev–Trinajstić information content (AvgIpc) is 2.98. The first-order valence-electron chi connectivity index (χ1n) is 9.97. The molecule has 0 atom stereocenters. The summed E-state index contributed by atoms with van der Waals surface area (Å²) in [6.45, 7) is 5.00. The minimum atomic E-state index is -0.380. The molecule has 1 aromatic carbocycles. The number of pyridine rings is 1. The van der Waals surface area contributed by atoms with Gasteiger partial charge in [-0.3, -0.25) is 19.5 Å². The fourth-order valence-electron chi connectivity index (χ4n) is 3.24. The van der Waals surface area contributed by atoms with Crippen LogP contribution in [0.25, 0.3) is 5.57 Å². The predicted octanol–water partition coefficient (Wildman–Crippen LogP) is 2.32. The lowest BCUT2D eigenvalue weighted by atomic mass is 10.0. The molecule has 0 aliphatic carbocycles. The Morgan fingerprint density at radius 3 is 2.47 bits per heavy atom. The van der Waals surface area contributed by atoms with E-state index in [0.29, 0.717) is 29.4 Å². The van der Waals surface area contributed by atoms with Crippen molar-refractivity contribution in [2.24, 2.45) is 5.92 Å². The number of aromatic nitrogens is 1. The maximum absolute atomic E-state index is 13.2. The number of rotatable bonds is 9. The summed E-state index contributed by atoms with van der Waals surface area (Å²) in [6, 6.07) is 10.8. The van der Waals surface area contributed by atoms with Crippen LogP contribution >= 0.6 is 0 Å². The van der Waals surface area contributed by atoms with Crippen LogP contribution in [0.4, 0.5) is 0 Å². The monoisotopic (exact) mass is 409 g/mol. The van der Waals surface area contributed by atoms with Crippen molar-refractivity contribution >= 4 is 17.4 Å². The summed E-state index contributed by atoms with van der Waals surface area (Å²) in [5.41, 5.74) is 2.02. The van der Waals surface area contributed by atoms with Gasteiger partial charge in [0.1, 0.15) is 11.4 Å². The summed E-state index contributed by atoms with van der Waals surface area (Å²) in [7, 11) is 1.70. The van der Waals surface area contributed by atoms with Gasteiger partial charge in [-0.1, -0.05) is 32.0 Å². The molecule has 0 spiro atoms. The molecule has 1 aromatic heterocycles. The summed E-state index contributed by atoms with van der Waals surface area (Å²) >= 11 is 0. The molecule has 7 heteroatoms. The summed E-state index contributed by atoms with van der Waals surface area (Å²) in [5, 5.41) is 9.35. The molecule has 7 nitrogen and oxygen atoms in total. The van der Waals surface area contributed by atoms with E-state index in [1.165, 1.54) is 4.90 Å². The van der Waals surface area contributed by atoms with Gasteiger partial charge < -0.3 is 14.7 Å². The van der Waals surface area contributed by atoms with Crippen molar-refractivity contribution in [3.05, 3.63) is 65.6 Å². The summed E-state index contributed by atoms with van der Waals surface area (Å²) in [5.74, 6) is 0.373. The molecule has 2 heterocycles. The van der Waals surface area contributed by atoms with Gasteiger partial charge in [-0.2, -0.15) is 0 Å². The number of nitrogens with zero attached hydrogens (tertiary/aromatic N) is 3. The number of ether oxygens (including phenoxy) is 1. The van der Waals surface area contributed by atoms with Crippen molar-refractivity contribution < 1.29 is 19.4 Å². The van der Waals surface area contributed by atoms with Crippen molar-refractivity contribution in [2.45, 2.75) is 20.4 Å². The second-order valence-corrected chi connectivity index (χ2v) is 7.66. The molecule has 3 rings (SSSR count). The van der Waals surface area contributed by atoms with Gasteiger partial charge in [0.15, 0.2) is 0 Å². The molecule has 0 radical (unpaired) electrons. The van der Waals surface area contributed by atoms with E-state index >= 15 is 0 Å². The molecule has 0 unspecified atom stereocenters. The van der Waals surface area contributed by atoms with Crippen molar-refractivity contribution in [1.29, 1.82) is 0 Å². The third-order valence-electron chi connectivity index (χ3n) is 4.75. The van der Waals surface area contributed by atoms with Crippen LogP contribution < -0.4 is 4.74 Å². The van der Waals surface area contributed by atoms with Crippen LogP contribution in [0.1, 0.15) is 25.0 Å². The lowest BCUT2D eigenvalue weighted by Crippen LogP contribution is -2.34. The molecule has 0 saturated heterocycles. The van der Waals surface area contributed by atoms with Gasteiger partial charge in [0.2, 0.25) is 0 Å². The van der Waals surface area contributed by atoms with Crippen molar-refractivity contribution in [2.75, 3.05) is 26.8 Å². The minimum absolute atomic E-state index is 0.126. The maximum Gasteiger partial charge on any atom is 0.278 e. The number of carbonyl (C=O) groups is 2. The van der Waals surface area contributed by atoms with Crippen LogP contribution in [-0.2, 0) is 16.1 Å². The van der Waals surface area contributed by atoms with E-state index in [-0.39, 0.29) is 37.2 Å². The Hall–Kier alpha value is -3.19. The Labute approximate surface area is 176 Å². The first-order chi connectivity index (χ1) is 14.4. The van der Waals surface area contributed by atoms with Crippen LogP contribution in [0, 0.1) is 5.92 Å². The molecule has 0 saturated carbocycles. The summed E-state index contributed by atoms with van der Waals surface area (Å²) < 4.78 is 5.72. The highest BCUT2D eigenvalue weighted by atomic mass is 16.5. The zero-order valence-electron chi connectivity index (χ0n) is 17.5. The van der Waals surface area contributed by atoms with E-state index in [1.54, 1.807) is 54.7 Å². The number of imide groups is 1. The maximum atomic E-state index is 13.2. The fourth-order valence-corrected chi connectivity index (χ4v) is 3.24. The topological polar surface area (TPSA) is 83.0 Å². The van der Waals surface area contributed by atoms with Gasteiger partial charge in [-0.15, -0.1) is 0 Å². The second-order valence-electron chi connectivity index (χ2n) is 7.66. The van der Waals surface area contributed by atoms with E-state index in [1.807, 2.05) is 6.07 Å². The third kappa shape index (κ3) is 4.68. The zero-order chi connectivity index (χ0) is 21.7. The largest absolute Gasteiger partial charge is 0.493 e. The SMILES string of the molecule is CC(C)COc1ccc(C2=C(N(C)CCO)C(=O)N(Cc3cccnc3)C2=O)cc1. The molecule has 1 aliphatic rings. The molecular formula is C23H27N3O4. The quantitative estimate of drug-likeness (QED) is 0.640. The summed E-state index contributed by atoms with van der Waals surface area (Å²) in [6.07, 6.45) is 3.28. The van der Waals surface area contributed by atoms with Gasteiger partial charge in [-0.05, 0) is 35.2 Å². The van der Waals surface area contributed by atoms with Crippen LogP contribution in [-0.4, -0.2) is 58.5 Å². The van der Waals surface area contributed by atoms with Crippen LogP contribution in [0.5, 0.6) is 5.75 Å². The number of aliphatic hydroxyl groups excluding tert-OH is 1. The Balaban J connectivity index is 1.93. The van der Waals surface area contributed by atoms with Crippen molar-refractivity contribution in [3.63, 3.8) is 0 Å². The average molecular weight is 409 g/mol. The molecule has 30 heavy (non-hydrogen) atoms. The first kappa shape index (κ1) is 21.5. The highest BCUT2D eigenvalue weighted by Crippen LogP contribution is 2.32. The van der Waals surface area contributed by atoms with Crippen molar-refractivity contribution in [3.8, 4) is 5.75 Å². The van der Waals surface area contributed by atoms with E-state index in [2.05, 4.69) is 18.8 Å². The van der Waals surface area contributed by atoms with E-state index in [0.717, 1.165) is 5.56 Å². The Morgan fingerprint density at radius 1 is 1.13 bits per heavy atom. The molecule has 0 bridgehead atoms. The first-order valence-corrected chi connectivity index (χ1v) is 9.97.